The molecule has 66 valence electrons. The number of rotatable bonds is 1. The molecule has 0 aliphatic heterocycles. The van der Waals surface area contributed by atoms with E-state index in [1.165, 1.54) is 16.9 Å². The van der Waals surface area contributed by atoms with Crippen LogP contribution in [0.3, 0.4) is 0 Å². The van der Waals surface area contributed by atoms with Crippen molar-refractivity contribution in [3.63, 3.8) is 0 Å². The fourth-order valence-corrected chi connectivity index (χ4v) is 2.88. The number of hydrogen-bond donors (Lipinski definition) is 0. The second-order valence-electron chi connectivity index (χ2n) is 3.13. The largest absolute Gasteiger partial charge is 1.00 e. The summed E-state index contributed by atoms with van der Waals surface area (Å²) in [5, 5.41) is 0. The zero-order valence-corrected chi connectivity index (χ0v) is 8.64. The summed E-state index contributed by atoms with van der Waals surface area (Å²) in [5.74, 6) is 1.50. The molecule has 0 spiro atoms. The number of halogens is 1. The van der Waals surface area contributed by atoms with Crippen LogP contribution in [0.15, 0.2) is 10.1 Å². The molecule has 0 aromatic rings. The summed E-state index contributed by atoms with van der Waals surface area (Å²) < 4.78 is 6.76. The van der Waals surface area contributed by atoms with Crippen molar-refractivity contribution in [1.29, 1.82) is 0 Å². The predicted molar refractivity (Wildman–Crippen MR) is 35.1 cm³/mol. The van der Waals surface area contributed by atoms with Crippen molar-refractivity contribution >= 4 is 0 Å². The molecule has 2 bridgehead atoms. The molecule has 0 N–H and O–H groups in total. The normalized spacial score (nSPS) is 40.3. The van der Waals surface area contributed by atoms with Crippen LogP contribution in [0.5, 0.6) is 0 Å². The number of hydrogen-bond acceptors (Lipinski definition) is 1. The van der Waals surface area contributed by atoms with Crippen LogP contribution < -0.4 is 12.4 Å². The van der Waals surface area contributed by atoms with Crippen LogP contribution in [0.2, 0.25) is 0 Å². The molecule has 1 fully saturated rings. The zero-order chi connectivity index (χ0) is 7.14. The Labute approximate surface area is 84.4 Å². The maximum atomic E-state index is 5.35. The van der Waals surface area contributed by atoms with E-state index in [9.17, 15) is 0 Å². The Morgan fingerprint density at radius 2 is 2.27 bits per heavy atom. The van der Waals surface area contributed by atoms with Crippen molar-refractivity contribution in [3.05, 3.63) is 10.1 Å². The van der Waals surface area contributed by atoms with Crippen LogP contribution in [0.4, 0.5) is 0 Å². The van der Waals surface area contributed by atoms with Gasteiger partial charge in [0.05, 0.1) is 0 Å². The van der Waals surface area contributed by atoms with Crippen LogP contribution in [0.25, 0.3) is 0 Å². The first kappa shape index (κ1) is 9.74. The first-order valence-corrected chi connectivity index (χ1v) is 4.46. The summed E-state index contributed by atoms with van der Waals surface area (Å²) in [4.78, 5) is 0. The Hall–Kier alpha value is 0.652. The van der Waals surface area contributed by atoms with Gasteiger partial charge in [0.25, 0.3) is 0 Å². The molecule has 0 amide bonds. The van der Waals surface area contributed by atoms with E-state index in [4.69, 9.17) is 4.74 Å². The van der Waals surface area contributed by atoms with Crippen molar-refractivity contribution in [2.24, 2.45) is 11.8 Å². The standard InChI is InChI=1S/C8H11O.ClH.Pd/c1-9-8-5-6-2-3-7(8)4-6;;/h2,6-8H,4-5H2,1H3;1H;/q;;+1/p-1. The Bertz CT molecular complexity index is 181. The van der Waals surface area contributed by atoms with Gasteiger partial charge >= 0.3 is 72.0 Å². The van der Waals surface area contributed by atoms with Gasteiger partial charge < -0.3 is 12.4 Å². The predicted octanol–water partition coefficient (Wildman–Crippen LogP) is -1.52. The fourth-order valence-electron chi connectivity index (χ4n) is 2.04. The van der Waals surface area contributed by atoms with Crippen molar-refractivity contribution in [3.8, 4) is 0 Å². The van der Waals surface area contributed by atoms with Gasteiger partial charge in [-0.15, -0.1) is 0 Å². The van der Waals surface area contributed by atoms with Crippen LogP contribution in [-0.4, -0.2) is 13.2 Å². The molecule has 0 saturated heterocycles. The van der Waals surface area contributed by atoms with Crippen LogP contribution in [0.1, 0.15) is 12.8 Å². The summed E-state index contributed by atoms with van der Waals surface area (Å²) in [6.07, 6.45) is 5.40. The Morgan fingerprint density at radius 3 is 2.64 bits per heavy atom. The van der Waals surface area contributed by atoms with Gasteiger partial charge in [-0.25, -0.2) is 0 Å². The third kappa shape index (κ3) is 1.55. The van der Waals surface area contributed by atoms with Crippen molar-refractivity contribution in [2.75, 3.05) is 7.11 Å². The van der Waals surface area contributed by atoms with Crippen molar-refractivity contribution in [1.82, 2.24) is 0 Å². The summed E-state index contributed by atoms with van der Waals surface area (Å²) in [6.45, 7) is 0. The van der Waals surface area contributed by atoms with E-state index >= 15 is 0 Å². The average molecular weight is 265 g/mol. The smallest absolute Gasteiger partial charge is 1.00 e. The van der Waals surface area contributed by atoms with E-state index in [1.807, 2.05) is 7.11 Å². The summed E-state index contributed by atoms with van der Waals surface area (Å²) in [7, 11) is 1.82. The molecule has 3 unspecified atom stereocenters. The summed E-state index contributed by atoms with van der Waals surface area (Å²) >= 11 is 3.29. The third-order valence-corrected chi connectivity index (χ3v) is 3.39. The van der Waals surface area contributed by atoms with Gasteiger partial charge in [-0.3, -0.25) is 0 Å². The number of methoxy groups -OCH3 is 1. The zero-order valence-electron chi connectivity index (χ0n) is 6.33. The molecular formula is C8H11ClOPd. The molecule has 0 radical (unpaired) electrons. The molecule has 3 atom stereocenters. The first-order chi connectivity index (χ1) is 4.81. The van der Waals surface area contributed by atoms with Crippen LogP contribution in [0, 0.1) is 11.8 Å². The molecule has 0 aromatic carbocycles. The van der Waals surface area contributed by atoms with E-state index < -0.39 is 0 Å². The topological polar surface area (TPSA) is 9.23 Å². The van der Waals surface area contributed by atoms with Gasteiger partial charge in [0.15, 0.2) is 0 Å². The minimum atomic E-state index is 0. The van der Waals surface area contributed by atoms with Gasteiger partial charge in [0, 0.05) is 0 Å². The maximum absolute atomic E-state index is 5.35. The van der Waals surface area contributed by atoms with Gasteiger partial charge in [-0.05, 0) is 0 Å². The Kier molecular flexibility index (Phi) is 3.17. The van der Waals surface area contributed by atoms with Gasteiger partial charge in [0.2, 0.25) is 0 Å². The molecule has 2 aliphatic carbocycles. The van der Waals surface area contributed by atoms with Crippen LogP contribution in [-0.2, 0) is 23.9 Å². The van der Waals surface area contributed by atoms with E-state index in [2.05, 4.69) is 25.3 Å². The first-order valence-electron chi connectivity index (χ1n) is 3.68. The fraction of sp³-hybridized carbons (Fsp3) is 0.750. The van der Waals surface area contributed by atoms with E-state index in [0.717, 1.165) is 5.92 Å². The Morgan fingerprint density at radius 1 is 1.55 bits per heavy atom. The molecule has 1 saturated carbocycles. The molecule has 3 heteroatoms. The van der Waals surface area contributed by atoms with Gasteiger partial charge in [-0.2, -0.15) is 0 Å². The maximum Gasteiger partial charge on any atom is -1.00 e. The van der Waals surface area contributed by atoms with E-state index in [-0.39, 0.29) is 12.4 Å². The molecule has 0 heterocycles. The van der Waals surface area contributed by atoms with Crippen molar-refractivity contribution in [2.45, 2.75) is 18.9 Å². The van der Waals surface area contributed by atoms with Crippen LogP contribution >= 0.6 is 0 Å². The molecular weight excluding hydrogens is 254 g/mol. The molecule has 2 aliphatic rings. The molecule has 11 heavy (non-hydrogen) atoms. The quantitative estimate of drug-likeness (QED) is 0.523. The molecule has 0 aromatic heterocycles. The van der Waals surface area contributed by atoms with Gasteiger partial charge in [0.1, 0.15) is 0 Å². The van der Waals surface area contributed by atoms with E-state index in [1.54, 1.807) is 0 Å². The summed E-state index contributed by atoms with van der Waals surface area (Å²) in [5.41, 5.74) is 0. The SMILES string of the molecule is COC1CC2C=[C]([Pd+])C1C2.[Cl-]. The third-order valence-electron chi connectivity index (χ3n) is 2.56. The van der Waals surface area contributed by atoms with Gasteiger partial charge in [-0.1, -0.05) is 0 Å². The average Bonchev–Trinajstić information content (AvgIpc) is 2.44. The van der Waals surface area contributed by atoms with Crippen molar-refractivity contribution < 1.29 is 36.3 Å². The monoisotopic (exact) mass is 264 g/mol. The number of allylic oxidation sites excluding steroid dienone is 1. The summed E-state index contributed by atoms with van der Waals surface area (Å²) in [6, 6.07) is 0. The second-order valence-corrected chi connectivity index (χ2v) is 4.03. The minimum Gasteiger partial charge on any atom is -1.00 e. The Balaban J connectivity index is 0.000000605. The second kappa shape index (κ2) is 3.58. The minimum absolute atomic E-state index is 0. The number of ether oxygens (including phenoxy) is 1. The molecule has 1 nitrogen and oxygen atoms in total. The molecule has 2 rings (SSSR count). The van der Waals surface area contributed by atoms with E-state index in [0.29, 0.717) is 12.0 Å². The number of fused-ring (bicyclic) bond motifs is 2.